The zero-order valence-corrected chi connectivity index (χ0v) is 10.0. The number of hydrogen-bond acceptors (Lipinski definition) is 3. The Kier molecular flexibility index (Phi) is 3.33. The maximum absolute atomic E-state index is 12.8. The summed E-state index contributed by atoms with van der Waals surface area (Å²) in [4.78, 5) is 16.9. The van der Waals surface area contributed by atoms with E-state index >= 15 is 0 Å². The largest absolute Gasteiger partial charge is 0.272 e. The number of rotatable bonds is 2. The molecule has 17 heavy (non-hydrogen) atoms. The number of amidine groups is 1. The summed E-state index contributed by atoms with van der Waals surface area (Å²) in [5, 5.41) is 0.254. The SMILES string of the molecule is CCS(=O)C1=NCC(=O)N1c1ccc(F)cc1. The van der Waals surface area contributed by atoms with E-state index in [1.807, 2.05) is 0 Å². The van der Waals surface area contributed by atoms with Crippen LogP contribution >= 0.6 is 0 Å². The monoisotopic (exact) mass is 254 g/mol. The lowest BCUT2D eigenvalue weighted by atomic mass is 10.3. The van der Waals surface area contributed by atoms with Gasteiger partial charge in [-0.15, -0.1) is 0 Å². The van der Waals surface area contributed by atoms with Crippen LogP contribution in [-0.2, 0) is 15.6 Å². The molecule has 1 aromatic rings. The third kappa shape index (κ3) is 2.26. The van der Waals surface area contributed by atoms with Gasteiger partial charge < -0.3 is 0 Å². The molecule has 2 rings (SSSR count). The number of carbonyl (C=O) groups excluding carboxylic acids is 1. The van der Waals surface area contributed by atoms with E-state index in [4.69, 9.17) is 0 Å². The van der Waals surface area contributed by atoms with Gasteiger partial charge in [-0.1, -0.05) is 6.92 Å². The van der Waals surface area contributed by atoms with E-state index in [1.165, 1.54) is 29.2 Å². The molecular formula is C11H11FN2O2S. The number of halogens is 1. The summed E-state index contributed by atoms with van der Waals surface area (Å²) in [7, 11) is -1.30. The number of nitrogens with zero attached hydrogens (tertiary/aromatic N) is 2. The van der Waals surface area contributed by atoms with Gasteiger partial charge in [-0.05, 0) is 24.3 Å². The van der Waals surface area contributed by atoms with Crippen molar-refractivity contribution in [2.24, 2.45) is 4.99 Å². The smallest absolute Gasteiger partial charge is 0.254 e. The summed E-state index contributed by atoms with van der Waals surface area (Å²) >= 11 is 0. The lowest BCUT2D eigenvalue weighted by Gasteiger charge is -2.17. The van der Waals surface area contributed by atoms with Gasteiger partial charge in [-0.25, -0.2) is 9.38 Å². The molecule has 0 bridgehead atoms. The Morgan fingerprint density at radius 1 is 1.41 bits per heavy atom. The highest BCUT2D eigenvalue weighted by Gasteiger charge is 2.30. The Morgan fingerprint density at radius 3 is 2.65 bits per heavy atom. The van der Waals surface area contributed by atoms with E-state index in [9.17, 15) is 13.4 Å². The van der Waals surface area contributed by atoms with Crippen LogP contribution in [0, 0.1) is 5.82 Å². The van der Waals surface area contributed by atoms with Gasteiger partial charge in [0.1, 0.15) is 12.4 Å². The Bertz CT molecular complexity index is 499. The minimum Gasteiger partial charge on any atom is -0.272 e. The van der Waals surface area contributed by atoms with Gasteiger partial charge in [-0.2, -0.15) is 0 Å². The van der Waals surface area contributed by atoms with Crippen molar-refractivity contribution in [3.05, 3.63) is 30.1 Å². The molecule has 0 aliphatic carbocycles. The van der Waals surface area contributed by atoms with Crippen molar-refractivity contribution >= 4 is 27.6 Å². The molecule has 1 heterocycles. The van der Waals surface area contributed by atoms with E-state index in [1.54, 1.807) is 6.92 Å². The van der Waals surface area contributed by atoms with Gasteiger partial charge in [0.2, 0.25) is 5.17 Å². The highest BCUT2D eigenvalue weighted by Crippen LogP contribution is 2.20. The minimum atomic E-state index is -1.30. The summed E-state index contributed by atoms with van der Waals surface area (Å²) in [6, 6.07) is 5.46. The molecule has 0 saturated heterocycles. The van der Waals surface area contributed by atoms with Gasteiger partial charge in [0.05, 0.1) is 16.5 Å². The maximum Gasteiger partial charge on any atom is 0.254 e. The first-order valence-corrected chi connectivity index (χ1v) is 6.46. The molecule has 4 nitrogen and oxygen atoms in total. The summed E-state index contributed by atoms with van der Waals surface area (Å²) in [6.45, 7) is 1.75. The van der Waals surface area contributed by atoms with Crippen LogP contribution in [0.4, 0.5) is 10.1 Å². The van der Waals surface area contributed by atoms with Crippen LogP contribution in [0.5, 0.6) is 0 Å². The number of amides is 1. The quantitative estimate of drug-likeness (QED) is 0.798. The zero-order chi connectivity index (χ0) is 12.4. The minimum absolute atomic E-state index is 0.00154. The van der Waals surface area contributed by atoms with Crippen molar-refractivity contribution < 1.29 is 13.4 Å². The third-order valence-electron chi connectivity index (χ3n) is 2.34. The molecule has 1 amide bonds. The molecule has 1 unspecified atom stereocenters. The van der Waals surface area contributed by atoms with E-state index < -0.39 is 10.8 Å². The van der Waals surface area contributed by atoms with Crippen molar-refractivity contribution in [3.8, 4) is 0 Å². The zero-order valence-electron chi connectivity index (χ0n) is 9.22. The van der Waals surface area contributed by atoms with Gasteiger partial charge in [0.15, 0.2) is 0 Å². The predicted molar refractivity (Wildman–Crippen MR) is 64.9 cm³/mol. The van der Waals surface area contributed by atoms with Crippen LogP contribution in [0.15, 0.2) is 29.3 Å². The van der Waals surface area contributed by atoms with E-state index in [2.05, 4.69) is 4.99 Å². The molecule has 0 radical (unpaired) electrons. The number of aliphatic imine (C=N–C) groups is 1. The number of benzene rings is 1. The average Bonchev–Trinajstić information content (AvgIpc) is 2.71. The molecule has 90 valence electrons. The fraction of sp³-hybridized carbons (Fsp3) is 0.273. The highest BCUT2D eigenvalue weighted by atomic mass is 32.2. The maximum atomic E-state index is 12.8. The van der Waals surface area contributed by atoms with Crippen molar-refractivity contribution in [3.63, 3.8) is 0 Å². The first kappa shape index (κ1) is 11.9. The molecule has 1 aliphatic rings. The summed E-state index contributed by atoms with van der Waals surface area (Å²) in [6.07, 6.45) is 0. The Hall–Kier alpha value is -1.56. The predicted octanol–water partition coefficient (Wildman–Crippen LogP) is 1.30. The fourth-order valence-corrected chi connectivity index (χ4v) is 2.41. The van der Waals surface area contributed by atoms with Crippen LogP contribution in [0.2, 0.25) is 0 Å². The van der Waals surface area contributed by atoms with Crippen LogP contribution in [0.3, 0.4) is 0 Å². The van der Waals surface area contributed by atoms with Gasteiger partial charge >= 0.3 is 0 Å². The Labute approximate surface area is 101 Å². The topological polar surface area (TPSA) is 49.7 Å². The van der Waals surface area contributed by atoms with Crippen molar-refractivity contribution in [1.29, 1.82) is 0 Å². The van der Waals surface area contributed by atoms with Crippen LogP contribution in [0.1, 0.15) is 6.92 Å². The second kappa shape index (κ2) is 4.75. The molecule has 0 spiro atoms. The molecule has 0 saturated carbocycles. The highest BCUT2D eigenvalue weighted by molar-refractivity contribution is 8.01. The molecule has 1 aliphatic heterocycles. The van der Waals surface area contributed by atoms with Crippen molar-refractivity contribution in [1.82, 2.24) is 0 Å². The molecular weight excluding hydrogens is 243 g/mol. The number of carbonyl (C=O) groups is 1. The van der Waals surface area contributed by atoms with Crippen LogP contribution in [-0.4, -0.2) is 27.6 Å². The second-order valence-corrected chi connectivity index (χ2v) is 5.07. The summed E-state index contributed by atoms with van der Waals surface area (Å²) < 4.78 is 24.5. The van der Waals surface area contributed by atoms with E-state index in [0.29, 0.717) is 11.4 Å². The average molecular weight is 254 g/mol. The standard InChI is InChI=1S/C11H11FN2O2S/c1-2-17(16)11-13-7-10(15)14(11)9-5-3-8(12)4-6-9/h3-6H,2,7H2,1H3. The molecule has 6 heteroatoms. The first-order chi connectivity index (χ1) is 8.13. The molecule has 1 atom stereocenters. The molecule has 0 fully saturated rings. The first-order valence-electron chi connectivity index (χ1n) is 5.15. The van der Waals surface area contributed by atoms with E-state index in [-0.39, 0.29) is 23.4 Å². The Balaban J connectivity index is 2.35. The molecule has 0 aromatic heterocycles. The number of anilines is 1. The lowest BCUT2D eigenvalue weighted by Crippen LogP contribution is -2.35. The fourth-order valence-electron chi connectivity index (χ4n) is 1.53. The van der Waals surface area contributed by atoms with Gasteiger partial charge in [-0.3, -0.25) is 13.9 Å². The van der Waals surface area contributed by atoms with Gasteiger partial charge in [0, 0.05) is 5.75 Å². The summed E-state index contributed by atoms with van der Waals surface area (Å²) in [5.74, 6) is -0.229. The van der Waals surface area contributed by atoms with Crippen molar-refractivity contribution in [2.45, 2.75) is 6.92 Å². The normalized spacial score (nSPS) is 17.2. The number of hydrogen-bond donors (Lipinski definition) is 0. The van der Waals surface area contributed by atoms with Gasteiger partial charge in [0.25, 0.3) is 5.91 Å². The Morgan fingerprint density at radius 2 is 2.06 bits per heavy atom. The van der Waals surface area contributed by atoms with E-state index in [0.717, 1.165) is 0 Å². The molecule has 0 N–H and O–H groups in total. The second-order valence-electron chi connectivity index (χ2n) is 3.44. The van der Waals surface area contributed by atoms with Crippen LogP contribution in [0.25, 0.3) is 0 Å². The van der Waals surface area contributed by atoms with Crippen molar-refractivity contribution in [2.75, 3.05) is 17.2 Å². The van der Waals surface area contributed by atoms with Crippen LogP contribution < -0.4 is 4.90 Å². The molecule has 1 aromatic carbocycles. The lowest BCUT2D eigenvalue weighted by molar-refractivity contribution is -0.115. The third-order valence-corrected chi connectivity index (χ3v) is 3.58. The summed E-state index contributed by atoms with van der Waals surface area (Å²) in [5.41, 5.74) is 0.495.